The van der Waals surface area contributed by atoms with Gasteiger partial charge in [-0.1, -0.05) is 0 Å². The van der Waals surface area contributed by atoms with Gasteiger partial charge in [-0.05, 0) is 36.6 Å². The molecule has 1 saturated carbocycles. The van der Waals surface area contributed by atoms with Crippen LogP contribution in [0.1, 0.15) is 24.0 Å². The lowest BCUT2D eigenvalue weighted by Crippen LogP contribution is -2.15. The summed E-state index contributed by atoms with van der Waals surface area (Å²) in [6, 6.07) is 6.53. The van der Waals surface area contributed by atoms with E-state index in [1.54, 1.807) is 6.07 Å². The Kier molecular flexibility index (Phi) is 4.10. The molecule has 0 aliphatic heterocycles. The first-order chi connectivity index (χ1) is 10.2. The van der Waals surface area contributed by atoms with Gasteiger partial charge in [0, 0.05) is 30.4 Å². The van der Waals surface area contributed by atoms with E-state index in [1.165, 1.54) is 37.2 Å². The van der Waals surface area contributed by atoms with Crippen LogP contribution in [0.15, 0.2) is 36.7 Å². The van der Waals surface area contributed by atoms with Gasteiger partial charge in [-0.2, -0.15) is 0 Å². The van der Waals surface area contributed by atoms with Crippen molar-refractivity contribution in [3.63, 3.8) is 0 Å². The van der Waals surface area contributed by atoms with E-state index in [0.717, 1.165) is 11.8 Å². The number of benzene rings is 1. The molecule has 110 valence electrons. The van der Waals surface area contributed by atoms with Crippen molar-refractivity contribution in [2.45, 2.75) is 32.0 Å². The second kappa shape index (κ2) is 6.18. The van der Waals surface area contributed by atoms with Gasteiger partial charge in [-0.3, -0.25) is 4.98 Å². The SMILES string of the molecule is Fc1cncc(COc2cc(F)cc(CNC3CC3)c2)c1. The van der Waals surface area contributed by atoms with E-state index in [0.29, 0.717) is 23.9 Å². The molecule has 1 heterocycles. The zero-order chi connectivity index (χ0) is 14.7. The van der Waals surface area contributed by atoms with Crippen LogP contribution in [-0.4, -0.2) is 11.0 Å². The Morgan fingerprint density at radius 3 is 2.62 bits per heavy atom. The minimum absolute atomic E-state index is 0.156. The van der Waals surface area contributed by atoms with Gasteiger partial charge in [0.05, 0.1) is 6.20 Å². The number of hydrogen-bond acceptors (Lipinski definition) is 3. The molecule has 1 aliphatic carbocycles. The number of pyridine rings is 1. The molecule has 0 spiro atoms. The summed E-state index contributed by atoms with van der Waals surface area (Å²) in [6.45, 7) is 0.782. The molecule has 0 radical (unpaired) electrons. The van der Waals surface area contributed by atoms with Crippen molar-refractivity contribution in [1.29, 1.82) is 0 Å². The van der Waals surface area contributed by atoms with Crippen LogP contribution in [0.4, 0.5) is 8.78 Å². The second-order valence-corrected chi connectivity index (χ2v) is 5.25. The molecule has 0 saturated heterocycles. The van der Waals surface area contributed by atoms with Gasteiger partial charge in [0.15, 0.2) is 0 Å². The molecule has 1 fully saturated rings. The minimum atomic E-state index is -0.412. The van der Waals surface area contributed by atoms with Crippen LogP contribution in [-0.2, 0) is 13.2 Å². The summed E-state index contributed by atoms with van der Waals surface area (Å²) in [5.41, 5.74) is 1.45. The number of nitrogens with one attached hydrogen (secondary N) is 1. The number of aromatic nitrogens is 1. The molecule has 1 N–H and O–H groups in total. The monoisotopic (exact) mass is 290 g/mol. The van der Waals surface area contributed by atoms with Crippen LogP contribution in [0.2, 0.25) is 0 Å². The van der Waals surface area contributed by atoms with E-state index >= 15 is 0 Å². The first kappa shape index (κ1) is 13.9. The molecule has 3 nitrogen and oxygen atoms in total. The lowest BCUT2D eigenvalue weighted by Gasteiger charge is -2.09. The summed E-state index contributed by atoms with van der Waals surface area (Å²) in [6.07, 6.45) is 5.03. The highest BCUT2D eigenvalue weighted by Gasteiger charge is 2.20. The third kappa shape index (κ3) is 4.23. The highest BCUT2D eigenvalue weighted by Crippen LogP contribution is 2.21. The van der Waals surface area contributed by atoms with Gasteiger partial charge in [0.2, 0.25) is 0 Å². The van der Waals surface area contributed by atoms with E-state index in [-0.39, 0.29) is 12.4 Å². The van der Waals surface area contributed by atoms with Crippen molar-refractivity contribution in [1.82, 2.24) is 10.3 Å². The Balaban J connectivity index is 1.63. The summed E-state index contributed by atoms with van der Waals surface area (Å²) in [5, 5.41) is 3.33. The first-order valence-electron chi connectivity index (χ1n) is 6.94. The van der Waals surface area contributed by atoms with Gasteiger partial charge in [0.25, 0.3) is 0 Å². The number of nitrogens with zero attached hydrogens (tertiary/aromatic N) is 1. The minimum Gasteiger partial charge on any atom is -0.489 e. The van der Waals surface area contributed by atoms with Crippen LogP contribution in [0.5, 0.6) is 5.75 Å². The number of ether oxygens (including phenoxy) is 1. The molecule has 0 unspecified atom stereocenters. The maximum atomic E-state index is 13.6. The van der Waals surface area contributed by atoms with Crippen molar-refractivity contribution in [3.8, 4) is 5.75 Å². The largest absolute Gasteiger partial charge is 0.489 e. The third-order valence-corrected chi connectivity index (χ3v) is 3.27. The van der Waals surface area contributed by atoms with Gasteiger partial charge < -0.3 is 10.1 Å². The Morgan fingerprint density at radius 1 is 1.05 bits per heavy atom. The summed E-state index contributed by atoms with van der Waals surface area (Å²) < 4.78 is 32.1. The molecule has 21 heavy (non-hydrogen) atoms. The molecular weight excluding hydrogens is 274 g/mol. The fraction of sp³-hybridized carbons (Fsp3) is 0.312. The highest BCUT2D eigenvalue weighted by molar-refractivity contribution is 5.30. The van der Waals surface area contributed by atoms with Gasteiger partial charge >= 0.3 is 0 Å². The highest BCUT2D eigenvalue weighted by atomic mass is 19.1. The molecule has 0 bridgehead atoms. The van der Waals surface area contributed by atoms with Crippen LogP contribution in [0, 0.1) is 11.6 Å². The molecule has 1 aromatic heterocycles. The normalized spacial score (nSPS) is 14.2. The summed E-state index contributed by atoms with van der Waals surface area (Å²) in [7, 11) is 0. The predicted octanol–water partition coefficient (Wildman–Crippen LogP) is 3.19. The van der Waals surface area contributed by atoms with E-state index in [1.807, 2.05) is 0 Å². The van der Waals surface area contributed by atoms with Crippen LogP contribution >= 0.6 is 0 Å². The molecule has 0 atom stereocenters. The number of hydrogen-bond donors (Lipinski definition) is 1. The molecule has 1 aromatic carbocycles. The Bertz CT molecular complexity index is 629. The Morgan fingerprint density at radius 2 is 1.86 bits per heavy atom. The topological polar surface area (TPSA) is 34.1 Å². The second-order valence-electron chi connectivity index (χ2n) is 5.25. The number of rotatable bonds is 6. The van der Waals surface area contributed by atoms with Crippen molar-refractivity contribution in [3.05, 3.63) is 59.4 Å². The molecular formula is C16H16F2N2O. The molecule has 5 heteroatoms. The lowest BCUT2D eigenvalue weighted by molar-refractivity contribution is 0.303. The standard InChI is InChI=1S/C16H16F2N2O/c17-13-3-11(8-20-15-1-2-15)5-16(6-13)21-10-12-4-14(18)9-19-7-12/h3-7,9,15,20H,1-2,8,10H2. The smallest absolute Gasteiger partial charge is 0.141 e. The maximum absolute atomic E-state index is 13.6. The van der Waals surface area contributed by atoms with Crippen molar-refractivity contribution < 1.29 is 13.5 Å². The molecule has 3 rings (SSSR count). The zero-order valence-electron chi connectivity index (χ0n) is 11.5. The lowest BCUT2D eigenvalue weighted by atomic mass is 10.2. The summed E-state index contributed by atoms with van der Waals surface area (Å²) in [5.74, 6) is -0.311. The van der Waals surface area contributed by atoms with Gasteiger partial charge in [0.1, 0.15) is 24.0 Å². The van der Waals surface area contributed by atoms with Crippen molar-refractivity contribution >= 4 is 0 Å². The molecule has 2 aromatic rings. The molecule has 0 amide bonds. The van der Waals surface area contributed by atoms with Crippen LogP contribution in [0.3, 0.4) is 0 Å². The Labute approximate surface area is 122 Å². The van der Waals surface area contributed by atoms with Crippen molar-refractivity contribution in [2.24, 2.45) is 0 Å². The predicted molar refractivity (Wildman–Crippen MR) is 74.8 cm³/mol. The van der Waals surface area contributed by atoms with Crippen LogP contribution < -0.4 is 10.1 Å². The van der Waals surface area contributed by atoms with Gasteiger partial charge in [-0.15, -0.1) is 0 Å². The van der Waals surface area contributed by atoms with Crippen molar-refractivity contribution in [2.75, 3.05) is 0 Å². The average molecular weight is 290 g/mol. The fourth-order valence-electron chi connectivity index (χ4n) is 2.06. The summed E-state index contributed by atoms with van der Waals surface area (Å²) in [4.78, 5) is 3.75. The average Bonchev–Trinajstić information content (AvgIpc) is 3.27. The first-order valence-corrected chi connectivity index (χ1v) is 6.94. The molecule has 1 aliphatic rings. The van der Waals surface area contributed by atoms with E-state index in [4.69, 9.17) is 4.74 Å². The van der Waals surface area contributed by atoms with E-state index < -0.39 is 5.82 Å². The van der Waals surface area contributed by atoms with Crippen LogP contribution in [0.25, 0.3) is 0 Å². The van der Waals surface area contributed by atoms with E-state index in [9.17, 15) is 8.78 Å². The number of halogens is 2. The third-order valence-electron chi connectivity index (χ3n) is 3.27. The van der Waals surface area contributed by atoms with Gasteiger partial charge in [-0.25, -0.2) is 8.78 Å². The zero-order valence-corrected chi connectivity index (χ0v) is 11.5. The Hall–Kier alpha value is -2.01. The maximum Gasteiger partial charge on any atom is 0.141 e. The summed E-state index contributed by atoms with van der Waals surface area (Å²) >= 11 is 0. The fourth-order valence-corrected chi connectivity index (χ4v) is 2.06. The quantitative estimate of drug-likeness (QED) is 0.887. The van der Waals surface area contributed by atoms with E-state index in [2.05, 4.69) is 10.3 Å².